The molecule has 2 aromatic rings. The molecule has 1 N–H and O–H groups in total. The highest BCUT2D eigenvalue weighted by Crippen LogP contribution is 2.38. The minimum Gasteiger partial charge on any atom is -0.495 e. The lowest BCUT2D eigenvalue weighted by Crippen LogP contribution is -2.06. The molecule has 108 valence electrons. The summed E-state index contributed by atoms with van der Waals surface area (Å²) in [5.41, 5.74) is 0.843. The lowest BCUT2D eigenvalue weighted by atomic mass is 10.2. The molecule has 1 unspecified atom stereocenters. The summed E-state index contributed by atoms with van der Waals surface area (Å²) in [5.74, 6) is 1.30. The second-order valence-corrected chi connectivity index (χ2v) is 7.10. The number of ether oxygens (including phenoxy) is 2. The first-order chi connectivity index (χ1) is 9.55. The van der Waals surface area contributed by atoms with Crippen LogP contribution in [0, 0.1) is 0 Å². The Kier molecular flexibility index (Phi) is 5.18. The van der Waals surface area contributed by atoms with Gasteiger partial charge < -0.3 is 14.8 Å². The minimum absolute atomic E-state index is 0.157. The number of thiophene rings is 1. The SMILES string of the molecule is COc1cc(OC)c(NC(C)c2ccc(Br)s2)cc1Cl. The van der Waals surface area contributed by atoms with E-state index < -0.39 is 0 Å². The standard InChI is InChI=1S/C14H15BrClNO2S/c1-8(13-4-5-14(15)20-13)17-10-6-9(16)11(18-2)7-12(10)19-3/h4-8,17H,1-3H3. The van der Waals surface area contributed by atoms with Gasteiger partial charge in [-0.25, -0.2) is 0 Å². The van der Waals surface area contributed by atoms with E-state index in [9.17, 15) is 0 Å². The van der Waals surface area contributed by atoms with Gasteiger partial charge >= 0.3 is 0 Å². The van der Waals surface area contributed by atoms with Crippen LogP contribution in [0.1, 0.15) is 17.8 Å². The van der Waals surface area contributed by atoms with Gasteiger partial charge in [-0.3, -0.25) is 0 Å². The van der Waals surface area contributed by atoms with Crippen LogP contribution in [0.4, 0.5) is 5.69 Å². The summed E-state index contributed by atoms with van der Waals surface area (Å²) in [6, 6.07) is 7.88. The summed E-state index contributed by atoms with van der Waals surface area (Å²) in [4.78, 5) is 1.23. The molecule has 0 amide bonds. The summed E-state index contributed by atoms with van der Waals surface area (Å²) < 4.78 is 11.7. The van der Waals surface area contributed by atoms with E-state index >= 15 is 0 Å². The molecule has 1 heterocycles. The Morgan fingerprint density at radius 1 is 1.20 bits per heavy atom. The van der Waals surface area contributed by atoms with Gasteiger partial charge in [-0.05, 0) is 41.1 Å². The summed E-state index contributed by atoms with van der Waals surface area (Å²) in [6.07, 6.45) is 0. The van der Waals surface area contributed by atoms with Crippen LogP contribution in [-0.4, -0.2) is 14.2 Å². The third-order valence-electron chi connectivity index (χ3n) is 2.87. The van der Waals surface area contributed by atoms with E-state index in [4.69, 9.17) is 21.1 Å². The molecular formula is C14H15BrClNO2S. The van der Waals surface area contributed by atoms with Gasteiger partial charge in [0.05, 0.1) is 34.8 Å². The van der Waals surface area contributed by atoms with Gasteiger partial charge in [0.1, 0.15) is 11.5 Å². The first kappa shape index (κ1) is 15.5. The maximum Gasteiger partial charge on any atom is 0.145 e. The van der Waals surface area contributed by atoms with Gasteiger partial charge in [0.15, 0.2) is 0 Å². The molecule has 0 aliphatic rings. The van der Waals surface area contributed by atoms with Crippen molar-refractivity contribution in [3.63, 3.8) is 0 Å². The normalized spacial score (nSPS) is 12.1. The average Bonchev–Trinajstić information content (AvgIpc) is 2.86. The van der Waals surface area contributed by atoms with Crippen LogP contribution in [0.2, 0.25) is 5.02 Å². The van der Waals surface area contributed by atoms with Crippen LogP contribution in [0.3, 0.4) is 0 Å². The zero-order chi connectivity index (χ0) is 14.7. The Bertz CT molecular complexity index is 603. The van der Waals surface area contributed by atoms with Crippen LogP contribution in [-0.2, 0) is 0 Å². The third-order valence-corrected chi connectivity index (χ3v) is 4.97. The number of hydrogen-bond donors (Lipinski definition) is 1. The van der Waals surface area contributed by atoms with E-state index in [0.29, 0.717) is 16.5 Å². The van der Waals surface area contributed by atoms with Gasteiger partial charge in [-0.2, -0.15) is 0 Å². The zero-order valence-electron chi connectivity index (χ0n) is 11.4. The number of nitrogens with one attached hydrogen (secondary N) is 1. The summed E-state index contributed by atoms with van der Waals surface area (Å²) >= 11 is 11.3. The third kappa shape index (κ3) is 3.40. The van der Waals surface area contributed by atoms with Crippen molar-refractivity contribution in [3.05, 3.63) is 38.0 Å². The molecule has 0 spiro atoms. The van der Waals surface area contributed by atoms with Crippen LogP contribution < -0.4 is 14.8 Å². The largest absolute Gasteiger partial charge is 0.495 e. The summed E-state index contributed by atoms with van der Waals surface area (Å²) in [7, 11) is 3.21. The van der Waals surface area contributed by atoms with Crippen molar-refractivity contribution >= 4 is 44.6 Å². The number of anilines is 1. The lowest BCUT2D eigenvalue weighted by molar-refractivity contribution is 0.395. The molecule has 0 bridgehead atoms. The highest BCUT2D eigenvalue weighted by Gasteiger charge is 2.14. The van der Waals surface area contributed by atoms with Crippen LogP contribution in [0.15, 0.2) is 28.1 Å². The van der Waals surface area contributed by atoms with Crippen molar-refractivity contribution in [3.8, 4) is 11.5 Å². The Morgan fingerprint density at radius 3 is 2.45 bits per heavy atom. The molecular weight excluding hydrogens is 362 g/mol. The van der Waals surface area contributed by atoms with Gasteiger partial charge in [0, 0.05) is 10.9 Å². The second-order valence-electron chi connectivity index (χ2n) is 4.19. The highest BCUT2D eigenvalue weighted by atomic mass is 79.9. The minimum atomic E-state index is 0.157. The molecule has 1 atom stereocenters. The fraction of sp³-hybridized carbons (Fsp3) is 0.286. The summed E-state index contributed by atoms with van der Waals surface area (Å²) in [6.45, 7) is 2.09. The molecule has 0 radical (unpaired) electrons. The van der Waals surface area contributed by atoms with Gasteiger partial charge in [-0.1, -0.05) is 11.6 Å². The molecule has 1 aromatic heterocycles. The number of halogens is 2. The number of rotatable bonds is 5. The van der Waals surface area contributed by atoms with Crippen LogP contribution in [0.25, 0.3) is 0 Å². The van der Waals surface area contributed by atoms with E-state index in [2.05, 4.69) is 34.2 Å². The Labute approximate surface area is 136 Å². The Hall–Kier alpha value is -0.910. The summed E-state index contributed by atoms with van der Waals surface area (Å²) in [5, 5.41) is 3.96. The topological polar surface area (TPSA) is 30.5 Å². The van der Waals surface area contributed by atoms with E-state index in [1.54, 1.807) is 31.6 Å². The molecule has 0 aliphatic heterocycles. The van der Waals surface area contributed by atoms with Crippen molar-refractivity contribution in [2.45, 2.75) is 13.0 Å². The molecule has 3 nitrogen and oxygen atoms in total. The van der Waals surface area contributed by atoms with Crippen molar-refractivity contribution in [2.75, 3.05) is 19.5 Å². The smallest absolute Gasteiger partial charge is 0.145 e. The zero-order valence-corrected chi connectivity index (χ0v) is 14.5. The number of benzene rings is 1. The fourth-order valence-corrected chi connectivity index (χ4v) is 3.50. The monoisotopic (exact) mass is 375 g/mol. The van der Waals surface area contributed by atoms with E-state index in [1.807, 2.05) is 12.1 Å². The maximum absolute atomic E-state index is 6.17. The van der Waals surface area contributed by atoms with E-state index in [1.165, 1.54) is 4.88 Å². The van der Waals surface area contributed by atoms with Gasteiger partial charge in [-0.15, -0.1) is 11.3 Å². The van der Waals surface area contributed by atoms with Crippen LogP contribution >= 0.6 is 38.9 Å². The molecule has 6 heteroatoms. The van der Waals surface area contributed by atoms with Crippen LogP contribution in [0.5, 0.6) is 11.5 Å². The van der Waals surface area contributed by atoms with Crippen molar-refractivity contribution in [2.24, 2.45) is 0 Å². The lowest BCUT2D eigenvalue weighted by Gasteiger charge is -2.18. The highest BCUT2D eigenvalue weighted by molar-refractivity contribution is 9.11. The van der Waals surface area contributed by atoms with Gasteiger partial charge in [0.25, 0.3) is 0 Å². The predicted molar refractivity (Wildman–Crippen MR) is 88.6 cm³/mol. The maximum atomic E-state index is 6.17. The van der Waals surface area contributed by atoms with E-state index in [-0.39, 0.29) is 6.04 Å². The van der Waals surface area contributed by atoms with E-state index in [0.717, 1.165) is 9.47 Å². The molecule has 0 saturated heterocycles. The predicted octanol–water partition coefficient (Wildman–Crippen LogP) is 5.35. The molecule has 1 aromatic carbocycles. The first-order valence-electron chi connectivity index (χ1n) is 5.98. The fourth-order valence-electron chi connectivity index (χ4n) is 1.84. The Morgan fingerprint density at radius 2 is 1.90 bits per heavy atom. The Balaban J connectivity index is 2.26. The molecule has 2 rings (SSSR count). The molecule has 0 aliphatic carbocycles. The molecule has 20 heavy (non-hydrogen) atoms. The first-order valence-corrected chi connectivity index (χ1v) is 7.97. The van der Waals surface area contributed by atoms with Gasteiger partial charge in [0.2, 0.25) is 0 Å². The van der Waals surface area contributed by atoms with Crippen molar-refractivity contribution < 1.29 is 9.47 Å². The average molecular weight is 377 g/mol. The molecule has 0 saturated carbocycles. The number of hydrogen-bond acceptors (Lipinski definition) is 4. The second kappa shape index (κ2) is 6.70. The number of methoxy groups -OCH3 is 2. The quantitative estimate of drug-likeness (QED) is 0.762. The molecule has 0 fully saturated rings. The van der Waals surface area contributed by atoms with Crippen molar-refractivity contribution in [1.29, 1.82) is 0 Å². The van der Waals surface area contributed by atoms with Crippen molar-refractivity contribution in [1.82, 2.24) is 0 Å².